The number of β-lactam (4-membered cyclic amide) rings is 1. The van der Waals surface area contributed by atoms with E-state index in [0.717, 1.165) is 11.3 Å². The van der Waals surface area contributed by atoms with Crippen molar-refractivity contribution in [2.24, 2.45) is 4.99 Å². The van der Waals surface area contributed by atoms with Crippen LogP contribution in [0.5, 0.6) is 0 Å². The number of carbonyl (C=O) groups excluding carboxylic acids is 1. The van der Waals surface area contributed by atoms with E-state index in [2.05, 4.69) is 20.9 Å². The molecule has 1 unspecified atom stereocenters. The summed E-state index contributed by atoms with van der Waals surface area (Å²) in [6, 6.07) is -0.434. The monoisotopic (exact) mass is 346 g/mol. The topological polar surface area (TPSA) is 70.0 Å². The maximum atomic E-state index is 12.1. The number of carbonyl (C=O) groups is 2. The standard InChI is InChI=1S/C12H15BrN2O3S/c1-5(2)14-8-10(16)15-9(12(17)18)7(6(3)13)4-19-11(8)15/h6,8,11H,4H2,1-3H3,(H,17,18)/t6?,8-,11-/m1/s1. The van der Waals surface area contributed by atoms with Crippen LogP contribution >= 0.6 is 27.7 Å². The quantitative estimate of drug-likeness (QED) is 0.481. The molecular weight excluding hydrogens is 332 g/mol. The molecule has 0 aliphatic carbocycles. The van der Waals surface area contributed by atoms with Gasteiger partial charge in [-0.3, -0.25) is 14.7 Å². The van der Waals surface area contributed by atoms with Crippen molar-refractivity contribution < 1.29 is 14.7 Å². The fourth-order valence-corrected chi connectivity index (χ4v) is 4.24. The predicted molar refractivity (Wildman–Crippen MR) is 78.7 cm³/mol. The van der Waals surface area contributed by atoms with Gasteiger partial charge in [0.05, 0.1) is 0 Å². The Morgan fingerprint density at radius 1 is 1.58 bits per heavy atom. The van der Waals surface area contributed by atoms with E-state index in [9.17, 15) is 14.7 Å². The van der Waals surface area contributed by atoms with E-state index >= 15 is 0 Å². The average Bonchev–Trinajstić information content (AvgIpc) is 2.33. The van der Waals surface area contributed by atoms with Gasteiger partial charge in [0.1, 0.15) is 11.1 Å². The Kier molecular flexibility index (Phi) is 4.06. The van der Waals surface area contributed by atoms with Gasteiger partial charge in [-0.25, -0.2) is 4.79 Å². The molecule has 2 aliphatic rings. The first kappa shape index (κ1) is 14.6. The first-order valence-corrected chi connectivity index (χ1v) is 7.87. The van der Waals surface area contributed by atoms with E-state index in [1.54, 1.807) is 11.8 Å². The summed E-state index contributed by atoms with van der Waals surface area (Å²) in [4.78, 5) is 29.1. The Morgan fingerprint density at radius 3 is 2.68 bits per heavy atom. The highest BCUT2D eigenvalue weighted by molar-refractivity contribution is 9.09. The summed E-state index contributed by atoms with van der Waals surface area (Å²) >= 11 is 4.96. The molecule has 0 aromatic rings. The number of carboxylic acid groups (broad SMARTS) is 1. The number of thioether (sulfide) groups is 1. The maximum Gasteiger partial charge on any atom is 0.352 e. The number of alkyl halides is 1. The molecule has 3 atom stereocenters. The van der Waals surface area contributed by atoms with Gasteiger partial charge in [0.15, 0.2) is 6.04 Å². The second-order valence-corrected chi connectivity index (χ2v) is 7.20. The van der Waals surface area contributed by atoms with Gasteiger partial charge in [0.25, 0.3) is 5.91 Å². The van der Waals surface area contributed by atoms with Crippen molar-refractivity contribution in [3.05, 3.63) is 11.3 Å². The van der Waals surface area contributed by atoms with Crippen LogP contribution in [0.1, 0.15) is 20.8 Å². The van der Waals surface area contributed by atoms with Gasteiger partial charge < -0.3 is 5.11 Å². The molecule has 0 spiro atoms. The highest BCUT2D eigenvalue weighted by Crippen LogP contribution is 2.43. The maximum absolute atomic E-state index is 12.1. The fraction of sp³-hybridized carbons (Fsp3) is 0.583. The molecule has 0 saturated carbocycles. The minimum absolute atomic E-state index is 0.0599. The van der Waals surface area contributed by atoms with Crippen LogP contribution in [0, 0.1) is 0 Å². The first-order chi connectivity index (χ1) is 8.84. The number of rotatable bonds is 3. The van der Waals surface area contributed by atoms with Crippen molar-refractivity contribution in [2.75, 3.05) is 5.75 Å². The molecule has 0 aromatic carbocycles. The SMILES string of the molecule is CC(C)=N[C@@H]1C(=O)N2C(C(=O)O)=C(C(C)Br)CS[C@H]12. The van der Waals surface area contributed by atoms with Crippen molar-refractivity contribution in [3.8, 4) is 0 Å². The molecule has 1 N–H and O–H groups in total. The lowest BCUT2D eigenvalue weighted by atomic mass is 10.0. The smallest absolute Gasteiger partial charge is 0.352 e. The fourth-order valence-electron chi connectivity index (χ4n) is 2.19. The molecule has 5 nitrogen and oxygen atoms in total. The molecule has 7 heteroatoms. The van der Waals surface area contributed by atoms with Gasteiger partial charge in [-0.05, 0) is 26.3 Å². The molecule has 2 heterocycles. The Balaban J connectivity index is 2.36. The number of hydrogen-bond donors (Lipinski definition) is 1. The highest BCUT2D eigenvalue weighted by atomic mass is 79.9. The van der Waals surface area contributed by atoms with Crippen LogP contribution in [-0.4, -0.2) is 49.6 Å². The van der Waals surface area contributed by atoms with Crippen LogP contribution < -0.4 is 0 Å². The van der Waals surface area contributed by atoms with E-state index in [1.165, 1.54) is 4.90 Å². The van der Waals surface area contributed by atoms with Crippen molar-refractivity contribution in [2.45, 2.75) is 37.0 Å². The number of hydrogen-bond acceptors (Lipinski definition) is 4. The molecule has 2 aliphatic heterocycles. The number of amides is 1. The normalized spacial score (nSPS) is 27.6. The first-order valence-electron chi connectivity index (χ1n) is 5.90. The molecule has 1 saturated heterocycles. The number of aliphatic carboxylic acids is 1. The zero-order valence-corrected chi connectivity index (χ0v) is 13.3. The molecule has 0 aromatic heterocycles. The second kappa shape index (κ2) is 5.28. The zero-order valence-electron chi connectivity index (χ0n) is 10.9. The summed E-state index contributed by atoms with van der Waals surface area (Å²) in [5.74, 6) is -0.658. The summed E-state index contributed by atoms with van der Waals surface area (Å²) < 4.78 is 0. The number of fused-ring (bicyclic) bond motifs is 1. The molecule has 104 valence electrons. The molecule has 2 rings (SSSR count). The lowest BCUT2D eigenvalue weighted by Gasteiger charge is -2.48. The number of halogens is 1. The largest absolute Gasteiger partial charge is 0.477 e. The van der Waals surface area contributed by atoms with Gasteiger partial charge in [-0.2, -0.15) is 0 Å². The van der Waals surface area contributed by atoms with Crippen LogP contribution in [0.2, 0.25) is 0 Å². The van der Waals surface area contributed by atoms with Gasteiger partial charge in [-0.15, -0.1) is 11.8 Å². The average molecular weight is 347 g/mol. The van der Waals surface area contributed by atoms with Gasteiger partial charge in [0, 0.05) is 16.3 Å². The Hall–Kier alpha value is -0.820. The van der Waals surface area contributed by atoms with Crippen LogP contribution in [0.3, 0.4) is 0 Å². The van der Waals surface area contributed by atoms with Crippen molar-refractivity contribution in [1.29, 1.82) is 0 Å². The minimum Gasteiger partial charge on any atom is -0.477 e. The number of nitrogens with zero attached hydrogens (tertiary/aromatic N) is 2. The van der Waals surface area contributed by atoms with E-state index < -0.39 is 12.0 Å². The second-order valence-electron chi connectivity index (χ2n) is 4.73. The minimum atomic E-state index is -1.05. The van der Waals surface area contributed by atoms with E-state index in [1.807, 2.05) is 20.8 Å². The van der Waals surface area contributed by atoms with Gasteiger partial charge in [0.2, 0.25) is 0 Å². The summed E-state index contributed by atoms with van der Waals surface area (Å²) in [6.07, 6.45) is 0. The van der Waals surface area contributed by atoms with Crippen molar-refractivity contribution in [1.82, 2.24) is 4.90 Å². The molecule has 0 radical (unpaired) electrons. The summed E-state index contributed by atoms with van der Waals surface area (Å²) in [6.45, 7) is 5.54. The van der Waals surface area contributed by atoms with Crippen LogP contribution in [-0.2, 0) is 9.59 Å². The van der Waals surface area contributed by atoms with Crippen LogP contribution in [0.4, 0.5) is 0 Å². The number of carboxylic acids is 1. The molecule has 1 fully saturated rings. The zero-order chi connectivity index (χ0) is 14.3. The molecule has 1 amide bonds. The van der Waals surface area contributed by atoms with Crippen molar-refractivity contribution in [3.63, 3.8) is 0 Å². The third-order valence-electron chi connectivity index (χ3n) is 3.05. The van der Waals surface area contributed by atoms with E-state index in [-0.39, 0.29) is 21.8 Å². The number of aliphatic imine (C=N–C) groups is 1. The Bertz CT molecular complexity index is 497. The third kappa shape index (κ3) is 2.45. The van der Waals surface area contributed by atoms with E-state index in [0.29, 0.717) is 5.75 Å². The van der Waals surface area contributed by atoms with E-state index in [4.69, 9.17) is 0 Å². The van der Waals surface area contributed by atoms with Gasteiger partial charge >= 0.3 is 5.97 Å². The Morgan fingerprint density at radius 2 is 2.21 bits per heavy atom. The van der Waals surface area contributed by atoms with Crippen molar-refractivity contribution >= 4 is 45.3 Å². The summed E-state index contributed by atoms with van der Waals surface area (Å²) in [5, 5.41) is 9.17. The van der Waals surface area contributed by atoms with Gasteiger partial charge in [-0.1, -0.05) is 15.9 Å². The molecule has 0 bridgehead atoms. The molecule has 19 heavy (non-hydrogen) atoms. The molecular formula is C12H15BrN2O3S. The summed E-state index contributed by atoms with van der Waals surface area (Å²) in [7, 11) is 0. The van der Waals surface area contributed by atoms with Crippen LogP contribution in [0.15, 0.2) is 16.3 Å². The summed E-state index contributed by atoms with van der Waals surface area (Å²) in [5.41, 5.74) is 1.70. The lowest BCUT2D eigenvalue weighted by Crippen LogP contribution is -2.64. The van der Waals surface area contributed by atoms with Crippen LogP contribution in [0.25, 0.3) is 0 Å². The highest BCUT2D eigenvalue weighted by Gasteiger charge is 2.53. The third-order valence-corrected chi connectivity index (χ3v) is 4.89. The lowest BCUT2D eigenvalue weighted by molar-refractivity contribution is -0.147. The predicted octanol–water partition coefficient (Wildman–Crippen LogP) is 1.87. The Labute approximate surface area is 124 Å².